The van der Waals surface area contributed by atoms with E-state index < -0.39 is 26.8 Å². The summed E-state index contributed by atoms with van der Waals surface area (Å²) >= 11 is 0. The first kappa shape index (κ1) is 12.2. The van der Waals surface area contributed by atoms with E-state index >= 15 is 0 Å². The van der Waals surface area contributed by atoms with Gasteiger partial charge in [-0.05, 0) is 10.3 Å². The molecule has 0 amide bonds. The fourth-order valence-electron chi connectivity index (χ4n) is 0.790. The van der Waals surface area contributed by atoms with Gasteiger partial charge in [0.1, 0.15) is 0 Å². The Morgan fingerprint density at radius 3 is 2.35 bits per heavy atom. The van der Waals surface area contributed by atoms with Crippen molar-refractivity contribution in [2.24, 2.45) is 5.11 Å². The maximum Gasteiger partial charge on any atom is 0.674 e. The molecule has 0 aliphatic heterocycles. The van der Waals surface area contributed by atoms with Gasteiger partial charge in [0.2, 0.25) is 5.82 Å². The summed E-state index contributed by atoms with van der Waals surface area (Å²) in [4.78, 5) is 17.0. The van der Waals surface area contributed by atoms with E-state index in [4.69, 9.17) is 0 Å². The van der Waals surface area contributed by atoms with E-state index in [1.807, 2.05) is 0 Å². The standard InChI is InChI=1S/C4H5N7O6/c1-5-2-3(8-17-7-2)6-9(12)4(10(13)14)11(15)16/h4H,1H3,(H,5,7). The van der Waals surface area contributed by atoms with Gasteiger partial charge in [0.05, 0.1) is 4.86 Å². The highest BCUT2D eigenvalue weighted by Crippen LogP contribution is 2.18. The molecule has 0 aliphatic carbocycles. The maximum absolute atomic E-state index is 11.1. The number of hydrogen-bond acceptors (Lipinski definition) is 10. The monoisotopic (exact) mass is 247 g/mol. The first-order chi connectivity index (χ1) is 7.97. The number of nitrogens with one attached hydrogen (secondary N) is 1. The minimum absolute atomic E-state index is 0.0868. The van der Waals surface area contributed by atoms with Crippen LogP contribution in [0.3, 0.4) is 0 Å². The van der Waals surface area contributed by atoms with Crippen LogP contribution in [0.4, 0.5) is 11.6 Å². The highest BCUT2D eigenvalue weighted by molar-refractivity contribution is 5.51. The van der Waals surface area contributed by atoms with Crippen LogP contribution in [0.1, 0.15) is 0 Å². The van der Waals surface area contributed by atoms with Crippen LogP contribution < -0.4 is 5.32 Å². The van der Waals surface area contributed by atoms with Crippen molar-refractivity contribution in [2.45, 2.75) is 6.29 Å². The number of nitro groups is 2. The summed E-state index contributed by atoms with van der Waals surface area (Å²) in [6.45, 7) is 0. The normalized spacial score (nSPS) is 11.5. The minimum atomic E-state index is -2.75. The molecule has 1 rings (SSSR count). The third-order valence-corrected chi connectivity index (χ3v) is 1.48. The Labute approximate surface area is 91.6 Å². The van der Waals surface area contributed by atoms with Crippen molar-refractivity contribution in [3.63, 3.8) is 0 Å². The van der Waals surface area contributed by atoms with E-state index in [0.29, 0.717) is 0 Å². The lowest BCUT2D eigenvalue weighted by Crippen LogP contribution is -2.36. The molecule has 92 valence electrons. The van der Waals surface area contributed by atoms with Gasteiger partial charge in [-0.15, -0.1) is 0 Å². The molecular formula is C4H5N7O6. The molecule has 1 N–H and O–H groups in total. The third kappa shape index (κ3) is 2.58. The van der Waals surface area contributed by atoms with Crippen molar-refractivity contribution in [3.8, 4) is 0 Å². The van der Waals surface area contributed by atoms with Crippen LogP contribution in [0.2, 0.25) is 0 Å². The van der Waals surface area contributed by atoms with Crippen LogP contribution >= 0.6 is 0 Å². The van der Waals surface area contributed by atoms with Gasteiger partial charge in [0, 0.05) is 12.2 Å². The van der Waals surface area contributed by atoms with E-state index in [2.05, 4.69) is 25.4 Å². The van der Waals surface area contributed by atoms with E-state index in [0.717, 1.165) is 0 Å². The van der Waals surface area contributed by atoms with Crippen molar-refractivity contribution in [3.05, 3.63) is 25.4 Å². The summed E-state index contributed by atoms with van der Waals surface area (Å²) in [5.74, 6) is -0.521. The fraction of sp³-hybridized carbons (Fsp3) is 0.500. The van der Waals surface area contributed by atoms with E-state index in [9.17, 15) is 25.4 Å². The van der Waals surface area contributed by atoms with Crippen molar-refractivity contribution in [1.82, 2.24) is 10.3 Å². The molecule has 13 heteroatoms. The lowest BCUT2D eigenvalue weighted by molar-refractivity contribution is -0.923. The molecule has 0 atom stereocenters. The second kappa shape index (κ2) is 4.77. The van der Waals surface area contributed by atoms with Gasteiger partial charge >= 0.3 is 12.1 Å². The molecule has 1 aromatic heterocycles. The summed E-state index contributed by atoms with van der Waals surface area (Å²) in [6, 6.07) is 0. The Hall–Kier alpha value is -2.86. The largest absolute Gasteiger partial charge is 0.674 e. The van der Waals surface area contributed by atoms with Gasteiger partial charge in [0.25, 0.3) is 0 Å². The molecule has 0 aromatic carbocycles. The summed E-state index contributed by atoms with van der Waals surface area (Å²) < 4.78 is 4.18. The Balaban J connectivity index is 3.06. The Kier molecular flexibility index (Phi) is 3.43. The highest BCUT2D eigenvalue weighted by atomic mass is 16.7. The number of rotatable bonds is 5. The summed E-state index contributed by atoms with van der Waals surface area (Å²) in [7, 11) is 1.40. The average Bonchev–Trinajstić information content (AvgIpc) is 2.63. The number of azo groups is 1. The minimum Gasteiger partial charge on any atom is -0.589 e. The number of nitrogens with zero attached hydrogens (tertiary/aromatic N) is 6. The van der Waals surface area contributed by atoms with E-state index in [-0.39, 0.29) is 5.82 Å². The van der Waals surface area contributed by atoms with Crippen LogP contribution in [0.25, 0.3) is 0 Å². The molecule has 0 saturated heterocycles. The molecule has 0 bridgehead atoms. The van der Waals surface area contributed by atoms with Gasteiger partial charge in [-0.2, -0.15) is 0 Å². The van der Waals surface area contributed by atoms with Gasteiger partial charge < -0.3 is 10.5 Å². The first-order valence-electron chi connectivity index (χ1n) is 3.92. The zero-order chi connectivity index (χ0) is 13.0. The van der Waals surface area contributed by atoms with Gasteiger partial charge in [-0.3, -0.25) is 20.2 Å². The number of hydroxylamine groups is 1. The molecule has 0 fully saturated rings. The predicted octanol–water partition coefficient (Wildman–Crippen LogP) is -0.458. The van der Waals surface area contributed by atoms with Crippen LogP contribution in [-0.4, -0.2) is 38.4 Å². The zero-order valence-corrected chi connectivity index (χ0v) is 8.21. The second-order valence-electron chi connectivity index (χ2n) is 2.51. The van der Waals surface area contributed by atoms with E-state index in [1.165, 1.54) is 7.05 Å². The smallest absolute Gasteiger partial charge is 0.589 e. The summed E-state index contributed by atoms with van der Waals surface area (Å²) in [6.07, 6.45) is -2.75. The highest BCUT2D eigenvalue weighted by Gasteiger charge is 2.43. The average molecular weight is 247 g/mol. The third-order valence-electron chi connectivity index (χ3n) is 1.48. The molecule has 0 saturated carbocycles. The fourth-order valence-corrected chi connectivity index (χ4v) is 0.790. The molecule has 13 nitrogen and oxygen atoms in total. The molecular weight excluding hydrogens is 242 g/mol. The molecule has 17 heavy (non-hydrogen) atoms. The van der Waals surface area contributed by atoms with Crippen LogP contribution in [0, 0.1) is 25.4 Å². The lowest BCUT2D eigenvalue weighted by atomic mass is 10.6. The molecule has 0 unspecified atom stereocenters. The Morgan fingerprint density at radius 1 is 1.29 bits per heavy atom. The molecule has 0 aliphatic rings. The van der Waals surface area contributed by atoms with E-state index in [1.54, 1.807) is 0 Å². The first-order valence-corrected chi connectivity index (χ1v) is 3.92. The summed E-state index contributed by atoms with van der Waals surface area (Å²) in [5.41, 5.74) is 0. The Morgan fingerprint density at radius 2 is 1.88 bits per heavy atom. The van der Waals surface area contributed by atoms with Gasteiger partial charge in [0.15, 0.2) is 9.85 Å². The van der Waals surface area contributed by atoms with Gasteiger partial charge in [-0.25, -0.2) is 4.63 Å². The predicted molar refractivity (Wildman–Crippen MR) is 47.3 cm³/mol. The number of hydrogen-bond donors (Lipinski definition) is 1. The maximum atomic E-state index is 11.1. The quantitative estimate of drug-likeness (QED) is 0.237. The molecule has 0 spiro atoms. The second-order valence-corrected chi connectivity index (χ2v) is 2.51. The number of anilines is 1. The molecule has 0 radical (unpaired) electrons. The van der Waals surface area contributed by atoms with Crippen LogP contribution in [0.15, 0.2) is 9.74 Å². The lowest BCUT2D eigenvalue weighted by Gasteiger charge is -1.98. The van der Waals surface area contributed by atoms with Crippen LogP contribution in [0.5, 0.6) is 0 Å². The van der Waals surface area contributed by atoms with Crippen molar-refractivity contribution < 1.29 is 19.3 Å². The van der Waals surface area contributed by atoms with Crippen LogP contribution in [-0.2, 0) is 0 Å². The Bertz CT molecular complexity index is 453. The molecule has 1 aromatic rings. The van der Waals surface area contributed by atoms with Crippen molar-refractivity contribution >= 4 is 11.6 Å². The SMILES string of the molecule is CNc1nonc1N=[N+]([O-])C([N+](=O)[O-])[N+](=O)[O-]. The van der Waals surface area contributed by atoms with Crippen molar-refractivity contribution in [1.29, 1.82) is 0 Å². The van der Waals surface area contributed by atoms with Gasteiger partial charge in [-0.1, -0.05) is 0 Å². The topological polar surface area (TPSA) is 176 Å². The van der Waals surface area contributed by atoms with Crippen molar-refractivity contribution in [2.75, 3.05) is 12.4 Å². The molecule has 1 heterocycles. The zero-order valence-electron chi connectivity index (χ0n) is 8.21. The number of aromatic nitrogens is 2. The summed E-state index contributed by atoms with van der Waals surface area (Å²) in [5, 5.41) is 43.4.